The van der Waals surface area contributed by atoms with Crippen LogP contribution in [0.1, 0.15) is 0 Å². The molecule has 0 fully saturated rings. The van der Waals surface area contributed by atoms with Gasteiger partial charge in [0.2, 0.25) is 10.0 Å². The van der Waals surface area contributed by atoms with Crippen LogP contribution in [-0.2, 0) is 10.0 Å². The molecule has 1 aromatic heterocycles. The van der Waals surface area contributed by atoms with Crippen LogP contribution in [0.5, 0.6) is 0 Å². The van der Waals surface area contributed by atoms with Gasteiger partial charge in [-0.15, -0.1) is 0 Å². The first-order valence-corrected chi connectivity index (χ1v) is 6.11. The third-order valence-corrected chi connectivity index (χ3v) is 3.40. The van der Waals surface area contributed by atoms with Gasteiger partial charge in [-0.1, -0.05) is 11.6 Å². The Morgan fingerprint density at radius 3 is 2.53 bits per heavy atom. The average molecular weight is 277 g/mol. The zero-order chi connectivity index (χ0) is 12.8. The minimum absolute atomic E-state index is 0.0142. The summed E-state index contributed by atoms with van der Waals surface area (Å²) in [5.74, 6) is -0.995. The third-order valence-electron chi connectivity index (χ3n) is 2.02. The van der Waals surface area contributed by atoms with Crippen molar-refractivity contribution in [2.45, 2.75) is 4.90 Å². The predicted octanol–water partition coefficient (Wildman–Crippen LogP) is -0.218. The van der Waals surface area contributed by atoms with Gasteiger partial charge < -0.3 is 4.42 Å². The van der Waals surface area contributed by atoms with E-state index in [2.05, 4.69) is 9.40 Å². The van der Waals surface area contributed by atoms with E-state index in [4.69, 9.17) is 16.7 Å². The number of nitrogens with one attached hydrogen (secondary N) is 1. The van der Waals surface area contributed by atoms with Crippen molar-refractivity contribution in [3.63, 3.8) is 0 Å². The summed E-state index contributed by atoms with van der Waals surface area (Å²) >= 11 is 5.67. The molecule has 0 aliphatic rings. The Hall–Kier alpha value is -1.64. The Bertz CT molecular complexity index is 820. The Morgan fingerprint density at radius 1 is 1.29 bits per heavy atom. The van der Waals surface area contributed by atoms with Crippen LogP contribution >= 0.6 is 11.6 Å². The minimum Gasteiger partial charge on any atom is -0.372 e. The molecule has 90 valence electrons. The molecule has 17 heavy (non-hydrogen) atoms. The maximum Gasteiger partial charge on any atom is 0.419 e. The van der Waals surface area contributed by atoms with Crippen molar-refractivity contribution in [2.75, 3.05) is 0 Å². The fraction of sp³-hybridized carbons (Fsp3) is 0. The number of benzene rings is 1. The topological polar surface area (TPSA) is 123 Å². The van der Waals surface area contributed by atoms with E-state index in [1.165, 1.54) is 0 Å². The first-order valence-electron chi connectivity index (χ1n) is 4.18. The molecular weight excluding hydrogens is 272 g/mol. The minimum atomic E-state index is -4.04. The van der Waals surface area contributed by atoms with E-state index in [0.29, 0.717) is 0 Å². The second-order valence-corrected chi connectivity index (χ2v) is 5.11. The second-order valence-electron chi connectivity index (χ2n) is 3.18. The van der Waals surface area contributed by atoms with Crippen molar-refractivity contribution in [1.82, 2.24) is 4.98 Å². The van der Waals surface area contributed by atoms with Crippen LogP contribution in [0.3, 0.4) is 0 Å². The van der Waals surface area contributed by atoms with Crippen LogP contribution < -0.4 is 16.5 Å². The SMILES string of the molecule is NS(=O)(=O)c1cc2[nH]c(=O)oc(=O)c2cc1Cl. The number of nitrogens with two attached hydrogens (primary N) is 1. The fourth-order valence-electron chi connectivity index (χ4n) is 1.32. The number of sulfonamides is 1. The summed E-state index contributed by atoms with van der Waals surface area (Å²) in [5.41, 5.74) is -0.925. The smallest absolute Gasteiger partial charge is 0.372 e. The van der Waals surface area contributed by atoms with Gasteiger partial charge in [-0.05, 0) is 12.1 Å². The average Bonchev–Trinajstić information content (AvgIpc) is 2.16. The first kappa shape index (κ1) is 11.8. The largest absolute Gasteiger partial charge is 0.419 e. The molecule has 3 N–H and O–H groups in total. The number of primary sulfonamides is 1. The van der Waals surface area contributed by atoms with Crippen molar-refractivity contribution in [3.8, 4) is 0 Å². The van der Waals surface area contributed by atoms with Crippen molar-refractivity contribution < 1.29 is 12.8 Å². The number of hydrogen-bond acceptors (Lipinski definition) is 5. The lowest BCUT2D eigenvalue weighted by atomic mass is 10.2. The van der Waals surface area contributed by atoms with Crippen molar-refractivity contribution in [3.05, 3.63) is 38.1 Å². The van der Waals surface area contributed by atoms with Gasteiger partial charge in [-0.3, -0.25) is 4.98 Å². The lowest BCUT2D eigenvalue weighted by molar-refractivity contribution is 0.460. The predicted molar refractivity (Wildman–Crippen MR) is 59.5 cm³/mol. The van der Waals surface area contributed by atoms with Crippen LogP contribution in [0.25, 0.3) is 10.9 Å². The van der Waals surface area contributed by atoms with Crippen LogP contribution in [0.2, 0.25) is 5.02 Å². The molecule has 2 aromatic rings. The van der Waals surface area contributed by atoms with Gasteiger partial charge in [0.05, 0.1) is 15.9 Å². The van der Waals surface area contributed by atoms with E-state index in [0.717, 1.165) is 12.1 Å². The second kappa shape index (κ2) is 3.69. The van der Waals surface area contributed by atoms with Gasteiger partial charge >= 0.3 is 11.4 Å². The van der Waals surface area contributed by atoms with E-state index >= 15 is 0 Å². The molecule has 1 aromatic carbocycles. The van der Waals surface area contributed by atoms with Crippen molar-refractivity contribution in [2.24, 2.45) is 5.14 Å². The van der Waals surface area contributed by atoms with Crippen LogP contribution in [0.4, 0.5) is 0 Å². The fourth-order valence-corrected chi connectivity index (χ4v) is 2.42. The number of H-pyrrole nitrogens is 1. The van der Waals surface area contributed by atoms with E-state index in [1.54, 1.807) is 0 Å². The Morgan fingerprint density at radius 2 is 1.94 bits per heavy atom. The van der Waals surface area contributed by atoms with E-state index < -0.39 is 21.4 Å². The van der Waals surface area contributed by atoms with Crippen molar-refractivity contribution in [1.29, 1.82) is 0 Å². The summed E-state index contributed by atoms with van der Waals surface area (Å²) in [4.78, 5) is 24.0. The standard InChI is InChI=1S/C8H5ClN2O5S/c9-4-1-3-5(2-6(4)17(10,14)15)11-8(13)16-7(3)12/h1-2H,(H,11,13)(H2,10,14,15). The zero-order valence-corrected chi connectivity index (χ0v) is 9.63. The van der Waals surface area contributed by atoms with Crippen LogP contribution in [-0.4, -0.2) is 13.4 Å². The lowest BCUT2D eigenvalue weighted by Crippen LogP contribution is -2.17. The molecule has 0 unspecified atom stereocenters. The van der Waals surface area contributed by atoms with E-state index in [1.807, 2.05) is 0 Å². The number of rotatable bonds is 1. The molecule has 0 aliphatic heterocycles. The molecule has 0 atom stereocenters. The van der Waals surface area contributed by atoms with Crippen molar-refractivity contribution >= 4 is 32.5 Å². The Balaban J connectivity index is 3.01. The maximum atomic E-state index is 11.3. The summed E-state index contributed by atoms with van der Waals surface area (Å²) in [6, 6.07) is 2.07. The zero-order valence-electron chi connectivity index (χ0n) is 8.06. The van der Waals surface area contributed by atoms with Gasteiger partial charge in [0.1, 0.15) is 4.90 Å². The molecule has 1 heterocycles. The molecule has 0 spiro atoms. The highest BCUT2D eigenvalue weighted by atomic mass is 35.5. The normalized spacial score (nSPS) is 11.9. The maximum absolute atomic E-state index is 11.3. The quantitative estimate of drug-likeness (QED) is 0.745. The monoisotopic (exact) mass is 276 g/mol. The third kappa shape index (κ3) is 2.09. The van der Waals surface area contributed by atoms with Crippen LogP contribution in [0.15, 0.2) is 31.0 Å². The van der Waals surface area contributed by atoms with Crippen LogP contribution in [0, 0.1) is 0 Å². The summed E-state index contributed by atoms with van der Waals surface area (Å²) in [5, 5.41) is 4.66. The first-order chi connectivity index (χ1) is 7.79. The number of halogens is 1. The molecular formula is C8H5ClN2O5S. The summed E-state index contributed by atoms with van der Waals surface area (Å²) in [6.45, 7) is 0. The molecule has 0 aliphatic carbocycles. The Labute approximate surface area is 98.9 Å². The molecule has 0 saturated heterocycles. The van der Waals surface area contributed by atoms with Gasteiger partial charge in [0.25, 0.3) is 0 Å². The highest BCUT2D eigenvalue weighted by molar-refractivity contribution is 7.89. The highest BCUT2D eigenvalue weighted by Gasteiger charge is 2.16. The number of hydrogen-bond donors (Lipinski definition) is 2. The van der Waals surface area contributed by atoms with Gasteiger partial charge in [-0.25, -0.2) is 23.1 Å². The highest BCUT2D eigenvalue weighted by Crippen LogP contribution is 2.23. The van der Waals surface area contributed by atoms with E-state index in [9.17, 15) is 18.0 Å². The molecule has 7 nitrogen and oxygen atoms in total. The molecule has 0 radical (unpaired) electrons. The summed E-state index contributed by atoms with van der Waals surface area (Å²) in [6.07, 6.45) is 0. The summed E-state index contributed by atoms with van der Waals surface area (Å²) < 4.78 is 26.6. The molecule has 2 rings (SSSR count). The van der Waals surface area contributed by atoms with Gasteiger partial charge in [-0.2, -0.15) is 0 Å². The summed E-state index contributed by atoms with van der Waals surface area (Å²) in [7, 11) is -4.04. The number of aromatic amines is 1. The number of fused-ring (bicyclic) bond motifs is 1. The molecule has 0 bridgehead atoms. The molecule has 9 heteroatoms. The van der Waals surface area contributed by atoms with E-state index in [-0.39, 0.29) is 20.8 Å². The Kier molecular flexibility index (Phi) is 2.57. The lowest BCUT2D eigenvalue weighted by Gasteiger charge is -2.02. The van der Waals surface area contributed by atoms with Gasteiger partial charge in [0.15, 0.2) is 0 Å². The molecule has 0 amide bonds. The molecule has 0 saturated carbocycles. The van der Waals surface area contributed by atoms with Gasteiger partial charge in [0, 0.05) is 0 Å². The number of aromatic nitrogens is 1.